The number of hydrogen-bond acceptors (Lipinski definition) is 5. The molecule has 0 unspecified atom stereocenters. The fourth-order valence-electron chi connectivity index (χ4n) is 1.74. The number of fused-ring (bicyclic) bond motifs is 1. The molecule has 1 aromatic rings. The zero-order valence-corrected chi connectivity index (χ0v) is 11.1. The first kappa shape index (κ1) is 14.4. The van der Waals surface area contributed by atoms with Gasteiger partial charge in [0.05, 0.1) is 32.0 Å². The van der Waals surface area contributed by atoms with Gasteiger partial charge in [-0.3, -0.25) is 14.6 Å². The average Bonchev–Trinajstić information content (AvgIpc) is 2.48. The minimum atomic E-state index is -0.382. The van der Waals surface area contributed by atoms with E-state index in [0.29, 0.717) is 39.5 Å². The molecule has 0 saturated carbocycles. The number of aromatic nitrogens is 1. The number of hydrogen-bond donors (Lipinski definition) is 2. The van der Waals surface area contributed by atoms with Crippen LogP contribution in [0.15, 0.2) is 18.3 Å². The maximum absolute atomic E-state index is 12.0. The predicted molar refractivity (Wildman–Crippen MR) is 70.5 cm³/mol. The number of ether oxygens (including phenoxy) is 2. The number of rotatable bonds is 0. The molecule has 1 aliphatic heterocycles. The van der Waals surface area contributed by atoms with Gasteiger partial charge in [-0.05, 0) is 12.1 Å². The number of carbonyl (C=O) groups is 2. The number of nitrogens with one attached hydrogen (secondary N) is 2. The molecule has 20 heavy (non-hydrogen) atoms. The van der Waals surface area contributed by atoms with E-state index in [4.69, 9.17) is 9.47 Å². The number of pyridine rings is 1. The normalized spacial score (nSPS) is 18.4. The van der Waals surface area contributed by atoms with Gasteiger partial charge in [-0.25, -0.2) is 0 Å². The monoisotopic (exact) mass is 279 g/mol. The molecule has 7 heteroatoms. The fraction of sp³-hybridized carbons (Fsp3) is 0.462. The van der Waals surface area contributed by atoms with Crippen LogP contribution in [-0.4, -0.2) is 56.3 Å². The molecule has 0 spiro atoms. The minimum Gasteiger partial charge on any atom is -0.377 e. The van der Waals surface area contributed by atoms with Crippen LogP contribution in [0.25, 0.3) is 0 Å². The Hall–Kier alpha value is -1.99. The molecule has 1 aliphatic rings. The van der Waals surface area contributed by atoms with Crippen molar-refractivity contribution in [3.63, 3.8) is 0 Å². The second-order valence-electron chi connectivity index (χ2n) is 4.14. The van der Waals surface area contributed by atoms with Gasteiger partial charge in [-0.1, -0.05) is 0 Å². The van der Waals surface area contributed by atoms with Gasteiger partial charge in [0.15, 0.2) is 0 Å². The predicted octanol–water partition coefficient (Wildman–Crippen LogP) is -0.412. The quantitative estimate of drug-likeness (QED) is 0.674. The molecule has 0 aromatic carbocycles. The van der Waals surface area contributed by atoms with Crippen molar-refractivity contribution >= 4 is 11.8 Å². The van der Waals surface area contributed by atoms with Crippen molar-refractivity contribution in [2.24, 2.45) is 0 Å². The molecule has 0 bridgehead atoms. The summed E-state index contributed by atoms with van der Waals surface area (Å²) in [5.41, 5.74) is 0.367. The Morgan fingerprint density at radius 1 is 0.950 bits per heavy atom. The van der Waals surface area contributed by atoms with E-state index < -0.39 is 0 Å². The average molecular weight is 279 g/mol. The Bertz CT molecular complexity index is 435. The lowest BCUT2D eigenvalue weighted by Gasteiger charge is -2.12. The molecular weight excluding hydrogens is 262 g/mol. The van der Waals surface area contributed by atoms with Crippen LogP contribution in [-0.2, 0) is 9.47 Å². The second kappa shape index (κ2) is 7.56. The molecular formula is C13H17N3O4. The highest BCUT2D eigenvalue weighted by molar-refractivity contribution is 6.05. The van der Waals surface area contributed by atoms with Gasteiger partial charge in [0.2, 0.25) is 0 Å². The highest BCUT2D eigenvalue weighted by atomic mass is 16.5. The Labute approximate surface area is 116 Å². The Balaban J connectivity index is 2.13. The van der Waals surface area contributed by atoms with Crippen molar-refractivity contribution in [2.75, 3.05) is 39.5 Å². The fourth-order valence-corrected chi connectivity index (χ4v) is 1.74. The van der Waals surface area contributed by atoms with Gasteiger partial charge in [-0.2, -0.15) is 0 Å². The van der Waals surface area contributed by atoms with Crippen LogP contribution < -0.4 is 10.6 Å². The summed E-state index contributed by atoms with van der Waals surface area (Å²) >= 11 is 0. The summed E-state index contributed by atoms with van der Waals surface area (Å²) in [6.07, 6.45) is 1.48. The molecule has 7 nitrogen and oxygen atoms in total. The topological polar surface area (TPSA) is 89.5 Å². The molecule has 0 atom stereocenters. The third kappa shape index (κ3) is 4.01. The van der Waals surface area contributed by atoms with Crippen molar-refractivity contribution in [3.05, 3.63) is 29.6 Å². The highest BCUT2D eigenvalue weighted by Gasteiger charge is 2.17. The molecule has 108 valence electrons. The van der Waals surface area contributed by atoms with Gasteiger partial charge in [0.25, 0.3) is 11.8 Å². The molecule has 0 saturated heterocycles. The van der Waals surface area contributed by atoms with Crippen LogP contribution in [0.5, 0.6) is 0 Å². The summed E-state index contributed by atoms with van der Waals surface area (Å²) in [5.74, 6) is -0.715. The molecule has 0 fully saturated rings. The molecule has 2 heterocycles. The molecule has 1 aromatic heterocycles. The zero-order chi connectivity index (χ0) is 14.2. The van der Waals surface area contributed by atoms with Gasteiger partial charge >= 0.3 is 0 Å². The van der Waals surface area contributed by atoms with Crippen molar-refractivity contribution in [2.45, 2.75) is 0 Å². The second-order valence-corrected chi connectivity index (χ2v) is 4.14. The Kier molecular flexibility index (Phi) is 5.45. The largest absolute Gasteiger partial charge is 0.377 e. The lowest BCUT2D eigenvalue weighted by molar-refractivity contribution is 0.0482. The Morgan fingerprint density at radius 3 is 2.30 bits per heavy atom. The summed E-state index contributed by atoms with van der Waals surface area (Å²) < 4.78 is 10.6. The number of nitrogens with zero attached hydrogens (tertiary/aromatic N) is 1. The van der Waals surface area contributed by atoms with Crippen molar-refractivity contribution in [3.8, 4) is 0 Å². The van der Waals surface area contributed by atoms with Crippen LogP contribution in [0.2, 0.25) is 0 Å². The molecule has 0 radical (unpaired) electrons. The van der Waals surface area contributed by atoms with Gasteiger partial charge in [0, 0.05) is 19.3 Å². The first-order valence-corrected chi connectivity index (χ1v) is 6.46. The van der Waals surface area contributed by atoms with Crippen molar-refractivity contribution in [1.29, 1.82) is 0 Å². The van der Waals surface area contributed by atoms with E-state index >= 15 is 0 Å². The SMILES string of the molecule is O=C1NCCOCCOCCNC(=O)c2ncccc21. The Morgan fingerprint density at radius 2 is 1.60 bits per heavy atom. The number of amides is 2. The molecule has 2 N–H and O–H groups in total. The minimum absolute atomic E-state index is 0.114. The van der Waals surface area contributed by atoms with E-state index in [-0.39, 0.29) is 23.1 Å². The summed E-state index contributed by atoms with van der Waals surface area (Å²) in [6, 6.07) is 3.19. The van der Waals surface area contributed by atoms with E-state index in [0.717, 1.165) is 0 Å². The highest BCUT2D eigenvalue weighted by Crippen LogP contribution is 2.05. The molecule has 2 amide bonds. The molecule has 2 rings (SSSR count). The summed E-state index contributed by atoms with van der Waals surface area (Å²) in [5, 5.41) is 5.35. The van der Waals surface area contributed by atoms with Gasteiger partial charge in [-0.15, -0.1) is 0 Å². The first-order chi connectivity index (χ1) is 9.79. The third-order valence-electron chi connectivity index (χ3n) is 2.70. The van der Waals surface area contributed by atoms with Crippen LogP contribution in [0.4, 0.5) is 0 Å². The van der Waals surface area contributed by atoms with E-state index in [9.17, 15) is 9.59 Å². The summed E-state index contributed by atoms with van der Waals surface area (Å²) in [6.45, 7) is 2.44. The van der Waals surface area contributed by atoms with E-state index in [1.165, 1.54) is 6.20 Å². The molecule has 0 aliphatic carbocycles. The van der Waals surface area contributed by atoms with E-state index in [1.54, 1.807) is 12.1 Å². The van der Waals surface area contributed by atoms with Crippen molar-refractivity contribution in [1.82, 2.24) is 15.6 Å². The van der Waals surface area contributed by atoms with Crippen LogP contribution >= 0.6 is 0 Å². The summed E-state index contributed by atoms with van der Waals surface area (Å²) in [4.78, 5) is 28.0. The van der Waals surface area contributed by atoms with Crippen LogP contribution in [0, 0.1) is 0 Å². The standard InChI is InChI=1S/C13H17N3O4/c17-12-10-2-1-3-14-11(10)13(18)16-5-7-20-9-8-19-6-4-15-12/h1-3H,4-9H2,(H,15,17)(H,16,18). The number of carbonyl (C=O) groups excluding carboxylic acids is 2. The van der Waals surface area contributed by atoms with Gasteiger partial charge < -0.3 is 20.1 Å². The van der Waals surface area contributed by atoms with E-state index in [2.05, 4.69) is 15.6 Å². The van der Waals surface area contributed by atoms with Gasteiger partial charge in [0.1, 0.15) is 5.69 Å². The van der Waals surface area contributed by atoms with Crippen LogP contribution in [0.3, 0.4) is 0 Å². The van der Waals surface area contributed by atoms with E-state index in [1.807, 2.05) is 0 Å². The smallest absolute Gasteiger partial charge is 0.270 e. The summed E-state index contributed by atoms with van der Waals surface area (Å²) in [7, 11) is 0. The lowest BCUT2D eigenvalue weighted by atomic mass is 10.1. The maximum atomic E-state index is 12.0. The first-order valence-electron chi connectivity index (χ1n) is 6.46. The maximum Gasteiger partial charge on any atom is 0.270 e. The lowest BCUT2D eigenvalue weighted by Crippen LogP contribution is -2.34. The van der Waals surface area contributed by atoms with Crippen molar-refractivity contribution < 1.29 is 19.1 Å². The third-order valence-corrected chi connectivity index (χ3v) is 2.70. The van der Waals surface area contributed by atoms with Crippen LogP contribution in [0.1, 0.15) is 20.8 Å². The zero-order valence-electron chi connectivity index (χ0n) is 11.1.